The topological polar surface area (TPSA) is 106 Å². The molecule has 1 aromatic rings. The van der Waals surface area contributed by atoms with Gasteiger partial charge in [0.15, 0.2) is 0 Å². The van der Waals surface area contributed by atoms with Crippen LogP contribution in [-0.2, 0) is 4.79 Å². The van der Waals surface area contributed by atoms with Crippen molar-refractivity contribution in [1.82, 2.24) is 20.3 Å². The van der Waals surface area contributed by atoms with Crippen LogP contribution in [0.25, 0.3) is 0 Å². The van der Waals surface area contributed by atoms with Crippen molar-refractivity contribution in [3.8, 4) is 6.01 Å². The molecule has 0 atom stereocenters. The molecular formula is C12H22N6O2. The van der Waals surface area contributed by atoms with Crippen LogP contribution in [-0.4, -0.2) is 47.1 Å². The Kier molecular flexibility index (Phi) is 6.48. The standard InChI is InChI=1S/C12H22N6O2/c1-4-7-20-12-16-10(13)15-11(17-12)18(6-3)8-9(19)14-5-2/h4-8H2,1-3H3,(H,14,19)(H2,13,15,16,17). The first kappa shape index (κ1) is 15.9. The largest absolute Gasteiger partial charge is 0.463 e. The van der Waals surface area contributed by atoms with Gasteiger partial charge in [-0.25, -0.2) is 0 Å². The lowest BCUT2D eigenvalue weighted by molar-refractivity contribution is -0.119. The predicted molar refractivity (Wildman–Crippen MR) is 76.6 cm³/mol. The van der Waals surface area contributed by atoms with Crippen molar-refractivity contribution in [2.75, 3.05) is 36.9 Å². The van der Waals surface area contributed by atoms with Crippen LogP contribution >= 0.6 is 0 Å². The quantitative estimate of drug-likeness (QED) is 0.701. The van der Waals surface area contributed by atoms with Crippen LogP contribution in [0.3, 0.4) is 0 Å². The number of aromatic nitrogens is 3. The lowest BCUT2D eigenvalue weighted by Crippen LogP contribution is -2.38. The van der Waals surface area contributed by atoms with Gasteiger partial charge in [-0.3, -0.25) is 4.79 Å². The Morgan fingerprint density at radius 2 is 2.05 bits per heavy atom. The third-order valence-corrected chi connectivity index (χ3v) is 2.43. The molecule has 0 aromatic carbocycles. The Morgan fingerprint density at radius 1 is 1.30 bits per heavy atom. The van der Waals surface area contributed by atoms with Gasteiger partial charge in [0.1, 0.15) is 0 Å². The maximum Gasteiger partial charge on any atom is 0.323 e. The van der Waals surface area contributed by atoms with Crippen molar-refractivity contribution in [2.45, 2.75) is 27.2 Å². The zero-order valence-corrected chi connectivity index (χ0v) is 12.2. The third kappa shape index (κ3) is 4.87. The average molecular weight is 282 g/mol. The summed E-state index contributed by atoms with van der Waals surface area (Å²) in [6.45, 7) is 7.59. The lowest BCUT2D eigenvalue weighted by Gasteiger charge is -2.20. The highest BCUT2D eigenvalue weighted by atomic mass is 16.5. The minimum absolute atomic E-state index is 0.0791. The van der Waals surface area contributed by atoms with Crippen molar-refractivity contribution < 1.29 is 9.53 Å². The zero-order valence-electron chi connectivity index (χ0n) is 12.2. The summed E-state index contributed by atoms with van der Waals surface area (Å²) in [5, 5.41) is 2.73. The molecule has 1 rings (SSSR count). The van der Waals surface area contributed by atoms with E-state index in [2.05, 4.69) is 20.3 Å². The van der Waals surface area contributed by atoms with Crippen molar-refractivity contribution in [3.63, 3.8) is 0 Å². The summed E-state index contributed by atoms with van der Waals surface area (Å²) in [6, 6.07) is 0.184. The van der Waals surface area contributed by atoms with E-state index in [1.165, 1.54) is 0 Å². The van der Waals surface area contributed by atoms with Crippen molar-refractivity contribution in [2.24, 2.45) is 0 Å². The molecule has 0 bridgehead atoms. The molecule has 8 heteroatoms. The van der Waals surface area contributed by atoms with Gasteiger partial charge >= 0.3 is 6.01 Å². The number of likely N-dealkylation sites (N-methyl/N-ethyl adjacent to an activating group) is 2. The second-order valence-corrected chi connectivity index (χ2v) is 4.09. The second-order valence-electron chi connectivity index (χ2n) is 4.09. The Balaban J connectivity index is 2.85. The van der Waals surface area contributed by atoms with Gasteiger partial charge in [-0.2, -0.15) is 15.0 Å². The number of ether oxygens (including phenoxy) is 1. The molecule has 0 aliphatic rings. The van der Waals surface area contributed by atoms with E-state index < -0.39 is 0 Å². The molecule has 0 spiro atoms. The van der Waals surface area contributed by atoms with E-state index in [-0.39, 0.29) is 24.4 Å². The number of hydrogen-bond acceptors (Lipinski definition) is 7. The van der Waals surface area contributed by atoms with Gasteiger partial charge in [-0.15, -0.1) is 0 Å². The zero-order chi connectivity index (χ0) is 15.0. The monoisotopic (exact) mass is 282 g/mol. The fourth-order valence-corrected chi connectivity index (χ4v) is 1.51. The van der Waals surface area contributed by atoms with Gasteiger partial charge in [-0.1, -0.05) is 6.92 Å². The van der Waals surface area contributed by atoms with Gasteiger partial charge in [0, 0.05) is 13.1 Å². The minimum atomic E-state index is -0.0932. The molecule has 0 aliphatic heterocycles. The lowest BCUT2D eigenvalue weighted by atomic mass is 10.4. The summed E-state index contributed by atoms with van der Waals surface area (Å²) in [5.74, 6) is 0.331. The van der Waals surface area contributed by atoms with Crippen LogP contribution < -0.4 is 20.7 Å². The Bertz CT molecular complexity index is 440. The first-order chi connectivity index (χ1) is 9.60. The first-order valence-electron chi connectivity index (χ1n) is 6.76. The maximum atomic E-state index is 11.6. The summed E-state index contributed by atoms with van der Waals surface area (Å²) in [5.41, 5.74) is 5.64. The van der Waals surface area contributed by atoms with Gasteiger partial charge in [0.05, 0.1) is 13.2 Å². The Labute approximate surface area is 118 Å². The number of nitrogens with two attached hydrogens (primary N) is 1. The molecule has 0 fully saturated rings. The molecule has 112 valence electrons. The van der Waals surface area contributed by atoms with Crippen LogP contribution in [0.5, 0.6) is 6.01 Å². The summed E-state index contributed by atoms with van der Waals surface area (Å²) < 4.78 is 5.35. The van der Waals surface area contributed by atoms with Crippen molar-refractivity contribution in [1.29, 1.82) is 0 Å². The molecule has 0 unspecified atom stereocenters. The van der Waals surface area contributed by atoms with E-state index in [0.717, 1.165) is 6.42 Å². The van der Waals surface area contributed by atoms with E-state index in [0.29, 0.717) is 25.6 Å². The predicted octanol–water partition coefficient (Wildman–Crippen LogP) is 0.205. The number of carbonyl (C=O) groups excluding carboxylic acids is 1. The molecule has 8 nitrogen and oxygen atoms in total. The van der Waals surface area contributed by atoms with Gasteiger partial charge < -0.3 is 20.7 Å². The highest BCUT2D eigenvalue weighted by Gasteiger charge is 2.14. The number of anilines is 2. The average Bonchev–Trinajstić information content (AvgIpc) is 2.42. The van der Waals surface area contributed by atoms with Gasteiger partial charge in [-0.05, 0) is 20.3 Å². The van der Waals surface area contributed by atoms with Crippen molar-refractivity contribution in [3.05, 3.63) is 0 Å². The van der Waals surface area contributed by atoms with Crippen LogP contribution in [0, 0.1) is 0 Å². The third-order valence-electron chi connectivity index (χ3n) is 2.43. The highest BCUT2D eigenvalue weighted by molar-refractivity contribution is 5.80. The summed E-state index contributed by atoms with van der Waals surface area (Å²) >= 11 is 0. The molecule has 0 radical (unpaired) electrons. The SMILES string of the molecule is CCCOc1nc(N)nc(N(CC)CC(=O)NCC)n1. The number of amides is 1. The molecule has 1 amide bonds. The van der Waals surface area contributed by atoms with Crippen LogP contribution in [0.4, 0.5) is 11.9 Å². The molecule has 1 aromatic heterocycles. The molecule has 0 aliphatic carbocycles. The van der Waals surface area contributed by atoms with Crippen molar-refractivity contribution >= 4 is 17.8 Å². The van der Waals surface area contributed by atoms with Crippen LogP contribution in [0.15, 0.2) is 0 Å². The van der Waals surface area contributed by atoms with Gasteiger partial charge in [0.2, 0.25) is 17.8 Å². The number of nitrogen functional groups attached to an aromatic ring is 1. The fourth-order valence-electron chi connectivity index (χ4n) is 1.51. The maximum absolute atomic E-state index is 11.6. The van der Waals surface area contributed by atoms with E-state index in [1.807, 2.05) is 20.8 Å². The molecule has 20 heavy (non-hydrogen) atoms. The van der Waals surface area contributed by atoms with E-state index in [4.69, 9.17) is 10.5 Å². The van der Waals surface area contributed by atoms with E-state index >= 15 is 0 Å². The Morgan fingerprint density at radius 3 is 2.65 bits per heavy atom. The number of hydrogen-bond donors (Lipinski definition) is 2. The normalized spacial score (nSPS) is 10.2. The van der Waals surface area contributed by atoms with E-state index in [1.54, 1.807) is 4.90 Å². The Hall–Kier alpha value is -2.12. The minimum Gasteiger partial charge on any atom is -0.463 e. The van der Waals surface area contributed by atoms with Gasteiger partial charge in [0.25, 0.3) is 0 Å². The second kappa shape index (κ2) is 8.13. The molecule has 0 saturated heterocycles. The highest BCUT2D eigenvalue weighted by Crippen LogP contribution is 2.13. The first-order valence-corrected chi connectivity index (χ1v) is 6.76. The molecule has 0 saturated carbocycles. The molecule has 1 heterocycles. The number of nitrogens with zero attached hydrogens (tertiary/aromatic N) is 4. The summed E-state index contributed by atoms with van der Waals surface area (Å²) in [7, 11) is 0. The van der Waals surface area contributed by atoms with Crippen LogP contribution in [0.2, 0.25) is 0 Å². The fraction of sp³-hybridized carbons (Fsp3) is 0.667. The molecule has 3 N–H and O–H groups in total. The molecular weight excluding hydrogens is 260 g/mol. The summed E-state index contributed by atoms with van der Waals surface area (Å²) in [6.07, 6.45) is 0.845. The van der Waals surface area contributed by atoms with Crippen LogP contribution in [0.1, 0.15) is 27.2 Å². The number of rotatable bonds is 8. The van der Waals surface area contributed by atoms with E-state index in [9.17, 15) is 4.79 Å². The number of nitrogens with one attached hydrogen (secondary N) is 1. The smallest absolute Gasteiger partial charge is 0.323 e. The number of carbonyl (C=O) groups is 1. The summed E-state index contributed by atoms with van der Waals surface area (Å²) in [4.78, 5) is 25.5.